The highest BCUT2D eigenvalue weighted by atomic mass is 32.2. The quantitative estimate of drug-likeness (QED) is 0.681. The van der Waals surface area contributed by atoms with Crippen LogP contribution in [0.4, 0.5) is 5.69 Å². The lowest BCUT2D eigenvalue weighted by Gasteiger charge is -2.17. The van der Waals surface area contributed by atoms with Gasteiger partial charge in [-0.15, -0.1) is 0 Å². The minimum absolute atomic E-state index is 0.0236. The summed E-state index contributed by atoms with van der Waals surface area (Å²) < 4.78 is 30.8. The number of amides is 2. The molecule has 0 fully saturated rings. The average Bonchev–Trinajstić information content (AvgIpc) is 3.19. The Labute approximate surface area is 168 Å². The number of nitrogens with zero attached hydrogens (tertiary/aromatic N) is 1. The smallest absolute Gasteiger partial charge is 0.256 e. The summed E-state index contributed by atoms with van der Waals surface area (Å²) in [6, 6.07) is 6.30. The molecule has 2 aliphatic rings. The zero-order chi connectivity index (χ0) is 20.8. The molecule has 29 heavy (non-hydrogen) atoms. The number of aryl methyl sites for hydroxylation is 1. The summed E-state index contributed by atoms with van der Waals surface area (Å²) in [5, 5.41) is 2.74. The van der Waals surface area contributed by atoms with Crippen LogP contribution in [0.2, 0.25) is 0 Å². The van der Waals surface area contributed by atoms with E-state index in [4.69, 9.17) is 4.74 Å². The molecule has 1 aromatic heterocycles. The van der Waals surface area contributed by atoms with Crippen LogP contribution in [-0.4, -0.2) is 62.7 Å². The number of nitrogens with one attached hydrogen (secondary N) is 2. The Balaban J connectivity index is 1.90. The fourth-order valence-corrected chi connectivity index (χ4v) is 4.59. The van der Waals surface area contributed by atoms with Crippen LogP contribution in [0.25, 0.3) is 11.6 Å². The fourth-order valence-electron chi connectivity index (χ4n) is 3.45. The number of aromatic nitrogens is 1. The van der Waals surface area contributed by atoms with Gasteiger partial charge in [0.15, 0.2) is 9.84 Å². The van der Waals surface area contributed by atoms with Gasteiger partial charge >= 0.3 is 0 Å². The second kappa shape index (κ2) is 7.16. The maximum Gasteiger partial charge on any atom is 0.256 e. The number of fused-ring (bicyclic) bond motifs is 2. The molecule has 0 unspecified atom stereocenters. The monoisotopic (exact) mass is 415 g/mol. The van der Waals surface area contributed by atoms with Gasteiger partial charge in [0.2, 0.25) is 0 Å². The summed E-state index contributed by atoms with van der Waals surface area (Å²) >= 11 is 0. The number of H-pyrrole nitrogens is 1. The molecule has 152 valence electrons. The third-order valence-electron chi connectivity index (χ3n) is 5.05. The molecule has 0 aliphatic carbocycles. The summed E-state index contributed by atoms with van der Waals surface area (Å²) in [5.74, 6) is -0.733. The zero-order valence-corrected chi connectivity index (χ0v) is 16.9. The summed E-state index contributed by atoms with van der Waals surface area (Å²) in [5.41, 5.74) is 3.06. The minimum Gasteiger partial charge on any atom is -0.379 e. The van der Waals surface area contributed by atoms with Crippen LogP contribution in [0, 0.1) is 6.92 Å². The molecule has 2 amide bonds. The molecule has 2 N–H and O–H groups in total. The third kappa shape index (κ3) is 3.58. The number of aromatic amines is 1. The van der Waals surface area contributed by atoms with Crippen molar-refractivity contribution in [2.75, 3.05) is 37.9 Å². The molecule has 1 aromatic carbocycles. The normalized spacial score (nSPS) is 20.9. The molecular formula is C20H21N3O5S. The predicted octanol–water partition coefficient (Wildman–Crippen LogP) is 1.69. The van der Waals surface area contributed by atoms with Crippen LogP contribution in [-0.2, 0) is 19.4 Å². The molecule has 4 rings (SSSR count). The third-order valence-corrected chi connectivity index (χ3v) is 6.73. The summed E-state index contributed by atoms with van der Waals surface area (Å²) in [6.07, 6.45) is 1.60. The molecule has 9 heteroatoms. The van der Waals surface area contributed by atoms with Gasteiger partial charge in [-0.1, -0.05) is 0 Å². The number of rotatable bonds is 0. The maximum atomic E-state index is 12.9. The lowest BCUT2D eigenvalue weighted by Crippen LogP contribution is -2.30. The molecule has 8 nitrogen and oxygen atoms in total. The molecule has 0 saturated heterocycles. The van der Waals surface area contributed by atoms with E-state index in [0.29, 0.717) is 34.6 Å². The molecule has 2 aromatic rings. The van der Waals surface area contributed by atoms with Crippen molar-refractivity contribution in [2.24, 2.45) is 0 Å². The second-order valence-corrected chi connectivity index (χ2v) is 9.27. The van der Waals surface area contributed by atoms with E-state index in [1.54, 1.807) is 25.3 Å². The zero-order valence-electron chi connectivity index (χ0n) is 16.1. The first-order chi connectivity index (χ1) is 13.8. The van der Waals surface area contributed by atoms with Crippen LogP contribution in [0.5, 0.6) is 0 Å². The first-order valence-corrected chi connectivity index (χ1v) is 10.8. The fraction of sp³-hybridized carbons (Fsp3) is 0.300. The summed E-state index contributed by atoms with van der Waals surface area (Å²) in [4.78, 5) is 30.2. The van der Waals surface area contributed by atoms with E-state index in [9.17, 15) is 18.0 Å². The number of hydrogen-bond donors (Lipinski definition) is 2. The van der Waals surface area contributed by atoms with Gasteiger partial charge in [-0.05, 0) is 37.3 Å². The average molecular weight is 415 g/mol. The van der Waals surface area contributed by atoms with E-state index >= 15 is 0 Å². The molecule has 3 heterocycles. The van der Waals surface area contributed by atoms with Gasteiger partial charge in [-0.2, -0.15) is 0 Å². The minimum atomic E-state index is -3.57. The first-order valence-electron chi connectivity index (χ1n) is 9.19. The molecule has 0 atom stereocenters. The van der Waals surface area contributed by atoms with Gasteiger partial charge in [0.1, 0.15) is 0 Å². The van der Waals surface area contributed by atoms with Crippen molar-refractivity contribution >= 4 is 39.0 Å². The number of ether oxygens (including phenoxy) is 1. The standard InChI is InChI=1S/C20H21N3O5S/c1-12-9-16-18(21-12)11-15-14-10-13(3-4-17(14)22-19(15)24)29(26,27)8-7-28-6-5-23(2)20(16)25/h3-4,9-11,21H,5-8H2,1-2H3,(H,22,24)/b15-11-. The summed E-state index contributed by atoms with van der Waals surface area (Å²) in [7, 11) is -1.91. The Hall–Kier alpha value is -2.91. The Morgan fingerprint density at radius 2 is 1.90 bits per heavy atom. The lowest BCUT2D eigenvalue weighted by molar-refractivity contribution is -0.110. The Morgan fingerprint density at radius 3 is 2.69 bits per heavy atom. The Morgan fingerprint density at radius 1 is 1.10 bits per heavy atom. The number of sulfone groups is 1. The molecular weight excluding hydrogens is 394 g/mol. The van der Waals surface area contributed by atoms with Crippen LogP contribution in [0.3, 0.4) is 0 Å². The Kier molecular flexibility index (Phi) is 4.79. The molecule has 0 saturated carbocycles. The maximum absolute atomic E-state index is 12.9. The van der Waals surface area contributed by atoms with E-state index in [2.05, 4.69) is 10.3 Å². The highest BCUT2D eigenvalue weighted by Gasteiger charge is 2.28. The second-order valence-electron chi connectivity index (χ2n) is 7.16. The van der Waals surface area contributed by atoms with Gasteiger partial charge in [-0.25, -0.2) is 8.42 Å². The van der Waals surface area contributed by atoms with E-state index in [0.717, 1.165) is 5.69 Å². The van der Waals surface area contributed by atoms with Crippen molar-refractivity contribution in [1.29, 1.82) is 0 Å². The number of anilines is 1. The number of carbonyl (C=O) groups excluding carboxylic acids is 2. The number of benzene rings is 1. The van der Waals surface area contributed by atoms with Gasteiger partial charge in [-0.3, -0.25) is 9.59 Å². The van der Waals surface area contributed by atoms with Crippen molar-refractivity contribution in [3.05, 3.63) is 46.8 Å². The lowest BCUT2D eigenvalue weighted by atomic mass is 10.0. The molecule has 2 aliphatic heterocycles. The van der Waals surface area contributed by atoms with Crippen LogP contribution in [0.15, 0.2) is 29.2 Å². The predicted molar refractivity (Wildman–Crippen MR) is 108 cm³/mol. The Bertz CT molecular complexity index is 1150. The van der Waals surface area contributed by atoms with Crippen molar-refractivity contribution < 1.29 is 22.7 Å². The number of carbonyl (C=O) groups is 2. The first kappa shape index (κ1) is 19.4. The number of hydrogen-bond acceptors (Lipinski definition) is 5. The summed E-state index contributed by atoms with van der Waals surface area (Å²) in [6.45, 7) is 2.39. The SMILES string of the molecule is Cc1cc2c([nH]1)/C=C1\C(=O)Nc3ccc(cc31)S(=O)(=O)CCOCCN(C)C2=O. The topological polar surface area (TPSA) is 109 Å². The van der Waals surface area contributed by atoms with Crippen molar-refractivity contribution in [3.8, 4) is 0 Å². The van der Waals surface area contributed by atoms with Gasteiger partial charge < -0.3 is 19.9 Å². The highest BCUT2D eigenvalue weighted by molar-refractivity contribution is 7.91. The largest absolute Gasteiger partial charge is 0.379 e. The molecule has 0 spiro atoms. The van der Waals surface area contributed by atoms with Crippen molar-refractivity contribution in [1.82, 2.24) is 9.88 Å². The molecule has 0 radical (unpaired) electrons. The van der Waals surface area contributed by atoms with Crippen LogP contribution < -0.4 is 5.32 Å². The van der Waals surface area contributed by atoms with Crippen molar-refractivity contribution in [2.45, 2.75) is 11.8 Å². The van der Waals surface area contributed by atoms with Crippen LogP contribution in [0.1, 0.15) is 27.3 Å². The van der Waals surface area contributed by atoms with Crippen molar-refractivity contribution in [3.63, 3.8) is 0 Å². The van der Waals surface area contributed by atoms with E-state index in [1.165, 1.54) is 17.0 Å². The number of likely N-dealkylation sites (N-methyl/N-ethyl adjacent to an activating group) is 1. The van der Waals surface area contributed by atoms with E-state index in [1.807, 2.05) is 6.92 Å². The van der Waals surface area contributed by atoms with Gasteiger partial charge in [0, 0.05) is 30.5 Å². The van der Waals surface area contributed by atoms with Crippen LogP contribution >= 0.6 is 0 Å². The molecule has 2 bridgehead atoms. The van der Waals surface area contributed by atoms with Gasteiger partial charge in [0.25, 0.3) is 11.8 Å². The van der Waals surface area contributed by atoms with Gasteiger partial charge in [0.05, 0.1) is 40.7 Å². The van der Waals surface area contributed by atoms with E-state index in [-0.39, 0.29) is 35.7 Å². The highest BCUT2D eigenvalue weighted by Crippen LogP contribution is 2.35. The van der Waals surface area contributed by atoms with E-state index < -0.39 is 9.84 Å².